The SMILES string of the molecule is c1cncc(-c2cccc(-c3ccc4c(-c5ccc6ccccc6c5)c5ccccc5c(-c5ccc6ccccc6c5)c4c3)n2)c1. The van der Waals surface area contributed by atoms with E-state index in [4.69, 9.17) is 4.98 Å². The number of hydrogen-bond donors (Lipinski definition) is 0. The lowest BCUT2D eigenvalue weighted by Gasteiger charge is -2.19. The highest BCUT2D eigenvalue weighted by Crippen LogP contribution is 2.45. The standard InChI is InChI=1S/C44H28N2/c1-3-11-31-25-34(20-18-29(31)9-1)43-37-14-5-6-15-38(37)44(35-21-19-30-10-2-4-12-32(30)26-35)40-27-33(22-23-39(40)43)41-16-7-17-42(46-41)36-13-8-24-45-28-36/h1-28H. The van der Waals surface area contributed by atoms with Crippen molar-refractivity contribution in [1.29, 1.82) is 0 Å². The zero-order valence-electron chi connectivity index (χ0n) is 25.1. The fourth-order valence-electron chi connectivity index (χ4n) is 6.92. The van der Waals surface area contributed by atoms with E-state index in [1.165, 1.54) is 65.3 Å². The van der Waals surface area contributed by atoms with Crippen LogP contribution in [0, 0.1) is 0 Å². The van der Waals surface area contributed by atoms with Crippen molar-refractivity contribution in [2.24, 2.45) is 0 Å². The second-order valence-corrected chi connectivity index (χ2v) is 11.8. The minimum Gasteiger partial charge on any atom is -0.264 e. The average Bonchev–Trinajstić information content (AvgIpc) is 3.13. The summed E-state index contributed by atoms with van der Waals surface area (Å²) in [5.41, 5.74) is 8.86. The Hall–Kier alpha value is -6.12. The lowest BCUT2D eigenvalue weighted by molar-refractivity contribution is 1.28. The van der Waals surface area contributed by atoms with E-state index in [9.17, 15) is 0 Å². The Balaban J connectivity index is 1.36. The van der Waals surface area contributed by atoms with Crippen molar-refractivity contribution in [1.82, 2.24) is 9.97 Å². The van der Waals surface area contributed by atoms with Gasteiger partial charge in [-0.15, -0.1) is 0 Å². The Bertz CT molecular complexity index is 2580. The molecule has 0 fully saturated rings. The van der Waals surface area contributed by atoms with Gasteiger partial charge in [-0.25, -0.2) is 4.98 Å². The van der Waals surface area contributed by atoms with Crippen molar-refractivity contribution in [3.05, 3.63) is 170 Å². The summed E-state index contributed by atoms with van der Waals surface area (Å²) in [4.78, 5) is 9.42. The van der Waals surface area contributed by atoms with Gasteiger partial charge < -0.3 is 0 Å². The smallest absolute Gasteiger partial charge is 0.0725 e. The maximum absolute atomic E-state index is 5.10. The molecular formula is C44H28N2. The van der Waals surface area contributed by atoms with Crippen LogP contribution in [0.25, 0.3) is 87.9 Å². The summed E-state index contributed by atoms with van der Waals surface area (Å²) < 4.78 is 0. The van der Waals surface area contributed by atoms with Crippen LogP contribution in [0.3, 0.4) is 0 Å². The predicted octanol–water partition coefficient (Wildman–Crippen LogP) is 11.8. The lowest BCUT2D eigenvalue weighted by atomic mass is 9.84. The number of hydrogen-bond acceptors (Lipinski definition) is 2. The largest absolute Gasteiger partial charge is 0.264 e. The topological polar surface area (TPSA) is 25.8 Å². The van der Waals surface area contributed by atoms with Gasteiger partial charge in [-0.05, 0) is 108 Å². The molecule has 9 rings (SSSR count). The van der Waals surface area contributed by atoms with E-state index in [-0.39, 0.29) is 0 Å². The Kier molecular flexibility index (Phi) is 6.17. The van der Waals surface area contributed by atoms with E-state index >= 15 is 0 Å². The molecule has 46 heavy (non-hydrogen) atoms. The van der Waals surface area contributed by atoms with E-state index in [0.717, 1.165) is 22.5 Å². The molecule has 0 spiro atoms. The Morgan fingerprint density at radius 3 is 1.50 bits per heavy atom. The Morgan fingerprint density at radius 1 is 0.326 bits per heavy atom. The highest BCUT2D eigenvalue weighted by molar-refractivity contribution is 6.22. The first-order valence-corrected chi connectivity index (χ1v) is 15.6. The van der Waals surface area contributed by atoms with Gasteiger partial charge in [-0.1, -0.05) is 115 Å². The molecule has 0 saturated heterocycles. The first-order chi connectivity index (χ1) is 22.8. The summed E-state index contributed by atoms with van der Waals surface area (Å²) >= 11 is 0. The van der Waals surface area contributed by atoms with Crippen molar-refractivity contribution < 1.29 is 0 Å². The van der Waals surface area contributed by atoms with Crippen LogP contribution in [0.5, 0.6) is 0 Å². The second-order valence-electron chi connectivity index (χ2n) is 11.8. The van der Waals surface area contributed by atoms with Gasteiger partial charge in [0.25, 0.3) is 0 Å². The minimum absolute atomic E-state index is 0.913. The first-order valence-electron chi connectivity index (χ1n) is 15.6. The molecule has 0 saturated carbocycles. The molecule has 9 aromatic rings. The monoisotopic (exact) mass is 584 g/mol. The van der Waals surface area contributed by atoms with E-state index < -0.39 is 0 Å². The molecule has 0 aliphatic carbocycles. The Morgan fingerprint density at radius 2 is 0.870 bits per heavy atom. The number of benzene rings is 7. The summed E-state index contributed by atoms with van der Waals surface area (Å²) in [6, 6.07) is 56.8. The lowest BCUT2D eigenvalue weighted by Crippen LogP contribution is -1.93. The number of aromatic nitrogens is 2. The number of pyridine rings is 2. The van der Waals surface area contributed by atoms with Crippen LogP contribution in [-0.4, -0.2) is 9.97 Å². The first kappa shape index (κ1) is 26.3. The predicted molar refractivity (Wildman–Crippen MR) is 194 cm³/mol. The molecule has 0 unspecified atom stereocenters. The van der Waals surface area contributed by atoms with Gasteiger partial charge in [-0.3, -0.25) is 4.98 Å². The maximum Gasteiger partial charge on any atom is 0.0725 e. The molecule has 0 atom stereocenters. The van der Waals surface area contributed by atoms with E-state index in [1.54, 1.807) is 6.20 Å². The molecule has 2 aromatic heterocycles. The van der Waals surface area contributed by atoms with Crippen molar-refractivity contribution >= 4 is 43.1 Å². The normalized spacial score (nSPS) is 11.5. The van der Waals surface area contributed by atoms with Gasteiger partial charge in [0.15, 0.2) is 0 Å². The molecular weight excluding hydrogens is 556 g/mol. The van der Waals surface area contributed by atoms with Gasteiger partial charge in [-0.2, -0.15) is 0 Å². The fourth-order valence-corrected chi connectivity index (χ4v) is 6.92. The average molecular weight is 585 g/mol. The fraction of sp³-hybridized carbons (Fsp3) is 0. The molecule has 0 aliphatic heterocycles. The number of nitrogens with zero attached hydrogens (tertiary/aromatic N) is 2. The van der Waals surface area contributed by atoms with Gasteiger partial charge in [0, 0.05) is 23.5 Å². The summed E-state index contributed by atoms with van der Waals surface area (Å²) in [6.07, 6.45) is 3.66. The second kappa shape index (κ2) is 10.8. The zero-order valence-corrected chi connectivity index (χ0v) is 25.1. The summed E-state index contributed by atoms with van der Waals surface area (Å²) in [6.45, 7) is 0. The van der Waals surface area contributed by atoms with Gasteiger partial charge in [0.05, 0.1) is 11.4 Å². The van der Waals surface area contributed by atoms with Crippen molar-refractivity contribution in [3.8, 4) is 44.8 Å². The van der Waals surface area contributed by atoms with Crippen molar-refractivity contribution in [2.75, 3.05) is 0 Å². The van der Waals surface area contributed by atoms with Crippen LogP contribution in [-0.2, 0) is 0 Å². The van der Waals surface area contributed by atoms with E-state index in [0.29, 0.717) is 0 Å². The molecule has 2 nitrogen and oxygen atoms in total. The molecule has 7 aromatic carbocycles. The van der Waals surface area contributed by atoms with Crippen LogP contribution in [0.4, 0.5) is 0 Å². The quantitative estimate of drug-likeness (QED) is 0.192. The van der Waals surface area contributed by atoms with Crippen LogP contribution in [0.15, 0.2) is 170 Å². The maximum atomic E-state index is 5.10. The van der Waals surface area contributed by atoms with Crippen LogP contribution < -0.4 is 0 Å². The zero-order chi connectivity index (χ0) is 30.5. The van der Waals surface area contributed by atoms with E-state index in [2.05, 4.69) is 151 Å². The number of rotatable bonds is 4. The molecule has 2 heteroatoms. The third kappa shape index (κ3) is 4.43. The van der Waals surface area contributed by atoms with Gasteiger partial charge in [0.1, 0.15) is 0 Å². The summed E-state index contributed by atoms with van der Waals surface area (Å²) in [7, 11) is 0. The molecule has 0 radical (unpaired) electrons. The van der Waals surface area contributed by atoms with Gasteiger partial charge in [0.2, 0.25) is 0 Å². The molecule has 0 aliphatic rings. The number of fused-ring (bicyclic) bond motifs is 4. The molecule has 0 amide bonds. The van der Waals surface area contributed by atoms with E-state index in [1.807, 2.05) is 18.3 Å². The van der Waals surface area contributed by atoms with Gasteiger partial charge >= 0.3 is 0 Å². The Labute approximate surface area is 267 Å². The van der Waals surface area contributed by atoms with Crippen LogP contribution in [0.2, 0.25) is 0 Å². The molecule has 0 N–H and O–H groups in total. The van der Waals surface area contributed by atoms with Crippen LogP contribution in [0.1, 0.15) is 0 Å². The molecule has 214 valence electrons. The van der Waals surface area contributed by atoms with Crippen molar-refractivity contribution in [3.63, 3.8) is 0 Å². The third-order valence-corrected chi connectivity index (χ3v) is 9.10. The highest BCUT2D eigenvalue weighted by Gasteiger charge is 2.18. The molecule has 2 heterocycles. The summed E-state index contributed by atoms with van der Waals surface area (Å²) in [5.74, 6) is 0. The third-order valence-electron chi connectivity index (χ3n) is 9.10. The molecule has 0 bridgehead atoms. The van der Waals surface area contributed by atoms with Crippen molar-refractivity contribution in [2.45, 2.75) is 0 Å². The summed E-state index contributed by atoms with van der Waals surface area (Å²) in [5, 5.41) is 9.88. The minimum atomic E-state index is 0.913. The highest BCUT2D eigenvalue weighted by atomic mass is 14.7. The van der Waals surface area contributed by atoms with Crippen LogP contribution >= 0.6 is 0 Å².